The Morgan fingerprint density at radius 2 is 1.78 bits per heavy atom. The number of unbranched alkanes of at least 4 members (excludes halogenated alkanes) is 1. The molecule has 194 valence electrons. The highest BCUT2D eigenvalue weighted by Crippen LogP contribution is 2.51. The summed E-state index contributed by atoms with van der Waals surface area (Å²) < 4.78 is 0. The summed E-state index contributed by atoms with van der Waals surface area (Å²) in [6, 6.07) is 9.19. The normalized spacial score (nSPS) is 20.7. The minimum Gasteiger partial charge on any atom is -0.367 e. The average Bonchev–Trinajstić information content (AvgIpc) is 3.72. The number of nitrogens with zero attached hydrogens (tertiary/aromatic N) is 4. The molecule has 3 N–H and O–H groups in total. The first-order valence-corrected chi connectivity index (χ1v) is 14.1. The molecule has 0 bridgehead atoms. The molecular weight excluding hydrogens is 446 g/mol. The molecule has 36 heavy (non-hydrogen) atoms. The number of likely N-dealkylation sites (N-methyl/N-ethyl adjacent to an activating group) is 1. The van der Waals surface area contributed by atoms with Gasteiger partial charge in [-0.05, 0) is 44.7 Å². The molecule has 0 radical (unpaired) electrons. The van der Waals surface area contributed by atoms with Crippen molar-refractivity contribution in [3.05, 3.63) is 47.2 Å². The Morgan fingerprint density at radius 3 is 2.44 bits per heavy atom. The fourth-order valence-electron chi connectivity index (χ4n) is 5.82. The molecule has 0 unspecified atom stereocenters. The molecule has 2 aromatic rings. The second kappa shape index (κ2) is 11.3. The fraction of sp³-hybridized carbons (Fsp3) is 0.621. The van der Waals surface area contributed by atoms with E-state index in [-0.39, 0.29) is 5.54 Å². The van der Waals surface area contributed by atoms with E-state index in [9.17, 15) is 0 Å². The maximum atomic E-state index is 9.07. The van der Waals surface area contributed by atoms with Crippen LogP contribution in [-0.2, 0) is 5.54 Å². The van der Waals surface area contributed by atoms with E-state index < -0.39 is 0 Å². The summed E-state index contributed by atoms with van der Waals surface area (Å²) in [5.41, 5.74) is 3.81. The summed E-state index contributed by atoms with van der Waals surface area (Å²) in [4.78, 5) is 14.5. The van der Waals surface area contributed by atoms with Gasteiger partial charge < -0.3 is 15.5 Å². The van der Waals surface area contributed by atoms with E-state index in [4.69, 9.17) is 10.4 Å². The molecule has 0 amide bonds. The van der Waals surface area contributed by atoms with E-state index >= 15 is 0 Å². The van der Waals surface area contributed by atoms with Gasteiger partial charge in [-0.2, -0.15) is 4.98 Å². The summed E-state index contributed by atoms with van der Waals surface area (Å²) in [5, 5.41) is 16.1. The van der Waals surface area contributed by atoms with Crippen LogP contribution in [0.4, 0.5) is 11.8 Å². The van der Waals surface area contributed by atoms with Crippen LogP contribution < -0.4 is 10.6 Å². The fourth-order valence-corrected chi connectivity index (χ4v) is 5.82. The van der Waals surface area contributed by atoms with Crippen LogP contribution in [-0.4, -0.2) is 71.3 Å². The molecule has 2 heterocycles. The molecule has 0 spiro atoms. The van der Waals surface area contributed by atoms with Gasteiger partial charge in [0.2, 0.25) is 5.95 Å². The largest absolute Gasteiger partial charge is 0.367 e. The molecule has 7 heteroatoms. The highest BCUT2D eigenvalue weighted by molar-refractivity contribution is 6.13. The summed E-state index contributed by atoms with van der Waals surface area (Å²) in [6.07, 6.45) is 12.7. The van der Waals surface area contributed by atoms with Crippen molar-refractivity contribution in [3.63, 3.8) is 0 Å². The first-order valence-electron chi connectivity index (χ1n) is 14.1. The zero-order chi connectivity index (χ0) is 25.0. The van der Waals surface area contributed by atoms with Crippen molar-refractivity contribution in [2.24, 2.45) is 0 Å². The molecule has 7 nitrogen and oxygen atoms in total. The van der Waals surface area contributed by atoms with Gasteiger partial charge in [0.25, 0.3) is 0 Å². The van der Waals surface area contributed by atoms with Crippen LogP contribution in [0.3, 0.4) is 0 Å². The molecular formula is C29H43N7. The van der Waals surface area contributed by atoms with Crippen LogP contribution in [0.1, 0.15) is 81.4 Å². The second-order valence-electron chi connectivity index (χ2n) is 11.0. The molecule has 0 atom stereocenters. The van der Waals surface area contributed by atoms with Crippen molar-refractivity contribution in [2.75, 3.05) is 50.4 Å². The minimum atomic E-state index is 0.213. The number of hydrogen-bond donors (Lipinski definition) is 3. The third-order valence-corrected chi connectivity index (χ3v) is 8.36. The van der Waals surface area contributed by atoms with Gasteiger partial charge in [-0.3, -0.25) is 10.3 Å². The summed E-state index contributed by atoms with van der Waals surface area (Å²) >= 11 is 0. The standard InChI is InChI=1S/C29H43N7/c1-3-4-16-31-28-32-21-25(27(34-28)33-24-8-6-5-7-9-24)26(30)22-10-12-23(13-11-22)29(14-15-29)36-19-17-35(2)18-20-36/h10-13,21,24,30H,3-9,14-20H2,1-2H3,(H2,31,32,33,34). The predicted molar refractivity (Wildman–Crippen MR) is 148 cm³/mol. The molecule has 3 fully saturated rings. The van der Waals surface area contributed by atoms with Crippen LogP contribution in [0.15, 0.2) is 30.5 Å². The Kier molecular flexibility index (Phi) is 7.87. The Labute approximate surface area is 216 Å². The van der Waals surface area contributed by atoms with E-state index in [2.05, 4.69) is 63.7 Å². The smallest absolute Gasteiger partial charge is 0.224 e. The molecule has 3 aliphatic rings. The monoisotopic (exact) mass is 489 g/mol. The van der Waals surface area contributed by atoms with Crippen molar-refractivity contribution in [3.8, 4) is 0 Å². The Hall–Kier alpha value is -2.51. The van der Waals surface area contributed by atoms with Crippen molar-refractivity contribution >= 4 is 17.5 Å². The van der Waals surface area contributed by atoms with E-state index in [0.29, 0.717) is 17.7 Å². The van der Waals surface area contributed by atoms with Crippen LogP contribution >= 0.6 is 0 Å². The number of nitrogens with one attached hydrogen (secondary N) is 3. The number of aromatic nitrogens is 2. The van der Waals surface area contributed by atoms with Gasteiger partial charge in [0, 0.05) is 56.1 Å². The zero-order valence-electron chi connectivity index (χ0n) is 22.2. The maximum absolute atomic E-state index is 9.07. The van der Waals surface area contributed by atoms with E-state index in [1.54, 1.807) is 0 Å². The third-order valence-electron chi connectivity index (χ3n) is 8.36. The van der Waals surface area contributed by atoms with E-state index in [0.717, 1.165) is 62.5 Å². The number of anilines is 2. The van der Waals surface area contributed by atoms with Crippen LogP contribution in [0.25, 0.3) is 0 Å². The zero-order valence-corrected chi connectivity index (χ0v) is 22.2. The molecule has 5 rings (SSSR count). The molecule has 2 aliphatic carbocycles. The Morgan fingerprint density at radius 1 is 1.06 bits per heavy atom. The molecule has 1 aromatic carbocycles. The molecule has 1 aromatic heterocycles. The Balaban J connectivity index is 1.34. The lowest BCUT2D eigenvalue weighted by atomic mass is 9.95. The van der Waals surface area contributed by atoms with Crippen LogP contribution in [0, 0.1) is 5.41 Å². The summed E-state index contributed by atoms with van der Waals surface area (Å²) in [6.45, 7) is 7.62. The lowest BCUT2D eigenvalue weighted by molar-refractivity contribution is 0.0976. The SMILES string of the molecule is CCCCNc1ncc(C(=N)c2ccc(C3(N4CCN(C)CC4)CC3)cc2)c(NC2CCCCC2)n1. The van der Waals surface area contributed by atoms with Crippen LogP contribution in [0.2, 0.25) is 0 Å². The van der Waals surface area contributed by atoms with Crippen molar-refractivity contribution in [1.29, 1.82) is 5.41 Å². The van der Waals surface area contributed by atoms with Gasteiger partial charge in [-0.15, -0.1) is 0 Å². The number of benzene rings is 1. The topological polar surface area (TPSA) is 80.2 Å². The molecule has 1 saturated heterocycles. The van der Waals surface area contributed by atoms with E-state index in [1.165, 1.54) is 50.5 Å². The van der Waals surface area contributed by atoms with Crippen molar-refractivity contribution < 1.29 is 0 Å². The number of rotatable bonds is 10. The first-order chi connectivity index (χ1) is 17.6. The lowest BCUT2D eigenvalue weighted by Gasteiger charge is -2.38. The van der Waals surface area contributed by atoms with Crippen molar-refractivity contribution in [2.45, 2.75) is 76.3 Å². The van der Waals surface area contributed by atoms with Crippen LogP contribution in [0.5, 0.6) is 0 Å². The van der Waals surface area contributed by atoms with Gasteiger partial charge in [-0.25, -0.2) is 4.98 Å². The Bertz CT molecular complexity index is 1020. The molecule has 1 aliphatic heterocycles. The first kappa shape index (κ1) is 25.2. The lowest BCUT2D eigenvalue weighted by Crippen LogP contribution is -2.49. The van der Waals surface area contributed by atoms with Gasteiger partial charge in [0.05, 0.1) is 11.3 Å². The highest BCUT2D eigenvalue weighted by atomic mass is 15.3. The third kappa shape index (κ3) is 5.57. The predicted octanol–water partition coefficient (Wildman–Crippen LogP) is 5.09. The molecule has 2 saturated carbocycles. The summed E-state index contributed by atoms with van der Waals surface area (Å²) in [5.74, 6) is 1.44. The second-order valence-corrected chi connectivity index (χ2v) is 11.0. The van der Waals surface area contributed by atoms with Gasteiger partial charge >= 0.3 is 0 Å². The number of hydrogen-bond acceptors (Lipinski definition) is 7. The van der Waals surface area contributed by atoms with Gasteiger partial charge in [0.15, 0.2) is 0 Å². The van der Waals surface area contributed by atoms with E-state index in [1.807, 2.05) is 6.20 Å². The van der Waals surface area contributed by atoms with Gasteiger partial charge in [0.1, 0.15) is 5.82 Å². The highest BCUT2D eigenvalue weighted by Gasteiger charge is 2.49. The van der Waals surface area contributed by atoms with Gasteiger partial charge in [-0.1, -0.05) is 56.9 Å². The minimum absolute atomic E-state index is 0.213. The summed E-state index contributed by atoms with van der Waals surface area (Å²) in [7, 11) is 2.21. The quantitative estimate of drug-likeness (QED) is 0.319. The maximum Gasteiger partial charge on any atom is 0.224 e. The van der Waals surface area contributed by atoms with Crippen molar-refractivity contribution in [1.82, 2.24) is 19.8 Å². The number of piperazine rings is 1. The average molecular weight is 490 g/mol.